The Balaban J connectivity index is 1.26. The highest BCUT2D eigenvalue weighted by molar-refractivity contribution is 5.44. The first-order valence-electron chi connectivity index (χ1n) is 8.83. The first-order valence-corrected chi connectivity index (χ1v) is 8.83. The maximum Gasteiger partial charge on any atom is 0.158 e. The highest BCUT2D eigenvalue weighted by Crippen LogP contribution is 2.34. The molecule has 2 fully saturated rings. The third-order valence-electron chi connectivity index (χ3n) is 5.38. The normalized spacial score (nSPS) is 22.9. The lowest BCUT2D eigenvalue weighted by Gasteiger charge is -2.22. The zero-order valence-electron chi connectivity index (χ0n) is 14.6. The lowest BCUT2D eigenvalue weighted by atomic mass is 10.0. The molecule has 0 saturated carbocycles. The van der Waals surface area contributed by atoms with E-state index in [4.69, 9.17) is 4.63 Å². The highest BCUT2D eigenvalue weighted by atomic mass is 16.6. The topological polar surface area (TPSA) is 89.0 Å². The Labute approximate surface area is 150 Å². The fraction of sp³-hybridized carbons (Fsp3) is 0.471. The molecule has 0 radical (unpaired) electrons. The van der Waals surface area contributed by atoms with Crippen molar-refractivity contribution < 1.29 is 4.63 Å². The average Bonchev–Trinajstić information content (AvgIpc) is 3.40. The molecule has 9 nitrogen and oxygen atoms in total. The van der Waals surface area contributed by atoms with Gasteiger partial charge in [0.2, 0.25) is 0 Å². The Morgan fingerprint density at radius 3 is 2.58 bits per heavy atom. The molecule has 0 amide bonds. The van der Waals surface area contributed by atoms with Crippen LogP contribution in [0.2, 0.25) is 0 Å². The summed E-state index contributed by atoms with van der Waals surface area (Å²) in [5, 5.41) is 12.1. The van der Waals surface area contributed by atoms with Crippen LogP contribution in [0.15, 0.2) is 35.5 Å². The summed E-state index contributed by atoms with van der Waals surface area (Å²) >= 11 is 0. The number of likely N-dealkylation sites (tertiary alicyclic amines) is 1. The zero-order chi connectivity index (χ0) is 17.5. The van der Waals surface area contributed by atoms with E-state index >= 15 is 0 Å². The van der Waals surface area contributed by atoms with Crippen molar-refractivity contribution in [3.05, 3.63) is 42.2 Å². The van der Waals surface area contributed by atoms with Crippen LogP contribution in [-0.2, 0) is 6.54 Å². The van der Waals surface area contributed by atoms with Crippen LogP contribution in [0.4, 0.5) is 5.82 Å². The SMILES string of the molecule is Cc1nonc1CN1CC2CN(c3cc(-n4cccn4)ncn3)CC2C1. The summed E-state index contributed by atoms with van der Waals surface area (Å²) in [6, 6.07) is 3.90. The second-order valence-corrected chi connectivity index (χ2v) is 7.10. The van der Waals surface area contributed by atoms with Gasteiger partial charge in [0.05, 0.1) is 0 Å². The fourth-order valence-electron chi connectivity index (χ4n) is 4.05. The monoisotopic (exact) mass is 352 g/mol. The van der Waals surface area contributed by atoms with E-state index in [9.17, 15) is 0 Å². The molecule has 2 saturated heterocycles. The smallest absolute Gasteiger partial charge is 0.158 e. The van der Waals surface area contributed by atoms with Crippen molar-refractivity contribution in [3.8, 4) is 5.82 Å². The molecule has 2 aliphatic heterocycles. The minimum atomic E-state index is 0.651. The summed E-state index contributed by atoms with van der Waals surface area (Å²) in [5.74, 6) is 3.08. The Morgan fingerprint density at radius 1 is 1.08 bits per heavy atom. The van der Waals surface area contributed by atoms with Crippen molar-refractivity contribution >= 4 is 5.82 Å². The molecule has 2 unspecified atom stereocenters. The summed E-state index contributed by atoms with van der Waals surface area (Å²) in [7, 11) is 0. The van der Waals surface area contributed by atoms with Crippen molar-refractivity contribution in [2.75, 3.05) is 31.1 Å². The van der Waals surface area contributed by atoms with Gasteiger partial charge in [-0.05, 0) is 24.8 Å². The van der Waals surface area contributed by atoms with Crippen molar-refractivity contribution in [1.29, 1.82) is 0 Å². The molecule has 0 aliphatic carbocycles. The van der Waals surface area contributed by atoms with Gasteiger partial charge in [-0.15, -0.1) is 0 Å². The van der Waals surface area contributed by atoms with E-state index in [2.05, 4.69) is 35.2 Å². The van der Waals surface area contributed by atoms with Crippen LogP contribution in [0.25, 0.3) is 5.82 Å². The van der Waals surface area contributed by atoms with Gasteiger partial charge in [0.15, 0.2) is 5.82 Å². The Morgan fingerprint density at radius 2 is 1.88 bits per heavy atom. The molecule has 0 bridgehead atoms. The van der Waals surface area contributed by atoms with E-state index in [0.717, 1.165) is 55.7 Å². The van der Waals surface area contributed by atoms with Gasteiger partial charge in [-0.2, -0.15) is 5.10 Å². The minimum absolute atomic E-state index is 0.651. The van der Waals surface area contributed by atoms with E-state index in [1.807, 2.05) is 25.3 Å². The van der Waals surface area contributed by atoms with Crippen molar-refractivity contribution in [2.24, 2.45) is 11.8 Å². The largest absolute Gasteiger partial charge is 0.356 e. The second-order valence-electron chi connectivity index (χ2n) is 7.10. The first-order chi connectivity index (χ1) is 12.8. The molecule has 9 heteroatoms. The van der Waals surface area contributed by atoms with Crippen LogP contribution >= 0.6 is 0 Å². The number of hydrogen-bond acceptors (Lipinski definition) is 8. The summed E-state index contributed by atoms with van der Waals surface area (Å²) < 4.78 is 6.57. The maximum atomic E-state index is 4.81. The van der Waals surface area contributed by atoms with Gasteiger partial charge in [-0.3, -0.25) is 4.90 Å². The summed E-state index contributed by atoms with van der Waals surface area (Å²) in [6.45, 7) is 6.95. The molecule has 2 aliphatic rings. The number of aromatic nitrogens is 6. The molecule has 3 aromatic heterocycles. The first kappa shape index (κ1) is 15.4. The molecule has 2 atom stereocenters. The van der Waals surface area contributed by atoms with Gasteiger partial charge >= 0.3 is 0 Å². The molecule has 5 rings (SSSR count). The number of nitrogens with zero attached hydrogens (tertiary/aromatic N) is 8. The van der Waals surface area contributed by atoms with Crippen molar-refractivity contribution in [1.82, 2.24) is 35.0 Å². The van der Waals surface area contributed by atoms with Crippen molar-refractivity contribution in [2.45, 2.75) is 13.5 Å². The zero-order valence-corrected chi connectivity index (χ0v) is 14.6. The van der Waals surface area contributed by atoms with Crippen LogP contribution in [0.3, 0.4) is 0 Å². The molecule has 0 N–H and O–H groups in total. The van der Waals surface area contributed by atoms with Gasteiger partial charge < -0.3 is 4.90 Å². The lowest BCUT2D eigenvalue weighted by Crippen LogP contribution is -2.29. The number of rotatable bonds is 4. The predicted molar refractivity (Wildman–Crippen MR) is 92.7 cm³/mol. The Bertz CT molecular complexity index is 878. The third kappa shape index (κ3) is 2.74. The average molecular weight is 352 g/mol. The van der Waals surface area contributed by atoms with Crippen molar-refractivity contribution in [3.63, 3.8) is 0 Å². The van der Waals surface area contributed by atoms with E-state index < -0.39 is 0 Å². The van der Waals surface area contributed by atoms with Crippen LogP contribution in [0.1, 0.15) is 11.4 Å². The number of hydrogen-bond donors (Lipinski definition) is 0. The predicted octanol–water partition coefficient (Wildman–Crippen LogP) is 0.922. The van der Waals surface area contributed by atoms with E-state index in [0.29, 0.717) is 11.8 Å². The van der Waals surface area contributed by atoms with Gasteiger partial charge in [0.1, 0.15) is 23.5 Å². The summed E-state index contributed by atoms with van der Waals surface area (Å²) in [5.41, 5.74) is 1.83. The van der Waals surface area contributed by atoms with Gasteiger partial charge in [0.25, 0.3) is 0 Å². The Kier molecular flexibility index (Phi) is 3.66. The molecule has 0 aromatic carbocycles. The molecular weight excluding hydrogens is 332 g/mol. The maximum absolute atomic E-state index is 4.81. The molecule has 5 heterocycles. The number of fused-ring (bicyclic) bond motifs is 1. The molecule has 3 aromatic rings. The molecule has 0 spiro atoms. The molecule has 26 heavy (non-hydrogen) atoms. The van der Waals surface area contributed by atoms with E-state index in [1.54, 1.807) is 17.2 Å². The number of anilines is 1. The summed E-state index contributed by atoms with van der Waals surface area (Å²) in [4.78, 5) is 13.6. The van der Waals surface area contributed by atoms with Gasteiger partial charge in [-0.25, -0.2) is 19.3 Å². The quantitative estimate of drug-likeness (QED) is 0.685. The standard InChI is InChI=1S/C17H20N8O/c1-12-15(22-26-21-12)10-23-6-13-8-24(9-14(13)7-23)16-5-17(19-11-18-16)25-4-2-3-20-25/h2-5,11,13-14H,6-10H2,1H3. The minimum Gasteiger partial charge on any atom is -0.356 e. The molecule has 134 valence electrons. The summed E-state index contributed by atoms with van der Waals surface area (Å²) in [6.07, 6.45) is 5.26. The van der Waals surface area contributed by atoms with Crippen LogP contribution in [0.5, 0.6) is 0 Å². The van der Waals surface area contributed by atoms with E-state index in [-0.39, 0.29) is 0 Å². The van der Waals surface area contributed by atoms with Crippen LogP contribution < -0.4 is 4.90 Å². The number of aryl methyl sites for hydroxylation is 1. The van der Waals surface area contributed by atoms with Crippen LogP contribution in [-0.4, -0.2) is 61.1 Å². The van der Waals surface area contributed by atoms with Gasteiger partial charge in [-0.1, -0.05) is 10.3 Å². The molecular formula is C17H20N8O. The van der Waals surface area contributed by atoms with Gasteiger partial charge in [0, 0.05) is 51.2 Å². The second kappa shape index (κ2) is 6.17. The Hall–Kier alpha value is -2.81. The lowest BCUT2D eigenvalue weighted by molar-refractivity contribution is 0.275. The highest BCUT2D eigenvalue weighted by Gasteiger charge is 2.40. The van der Waals surface area contributed by atoms with E-state index in [1.165, 1.54) is 0 Å². The third-order valence-corrected chi connectivity index (χ3v) is 5.38. The van der Waals surface area contributed by atoms with Crippen LogP contribution in [0, 0.1) is 18.8 Å². The fourth-order valence-corrected chi connectivity index (χ4v) is 4.05.